The van der Waals surface area contributed by atoms with Crippen LogP contribution in [0.5, 0.6) is 5.75 Å². The standard InChI is InChI=1S/C16H25NO.C7H16.2C2H6.CH2O2.CH4O/c1-4-9-17-10-14(3)15(11-17)12-18-16-7-5-13(2)6-8-16;1-4-7(5-2)6-3;2*1-2;2-1-3;1-2/h5-8,14-15H,4,9-12H2,1-3H3;7H,4-6H2,1-3H3;2*1-2H3;1H,(H,2,3);2H,1H3. The van der Waals surface area contributed by atoms with Crippen LogP contribution in [0, 0.1) is 24.7 Å². The topological polar surface area (TPSA) is 70.0 Å². The summed E-state index contributed by atoms with van der Waals surface area (Å²) in [4.78, 5) is 10.9. The smallest absolute Gasteiger partial charge is 0.290 e. The van der Waals surface area contributed by atoms with Crippen LogP contribution in [0.4, 0.5) is 0 Å². The third-order valence-electron chi connectivity index (χ3n) is 5.60. The molecule has 0 aliphatic carbocycles. The van der Waals surface area contributed by atoms with E-state index in [1.54, 1.807) is 0 Å². The summed E-state index contributed by atoms with van der Waals surface area (Å²) >= 11 is 0. The van der Waals surface area contributed by atoms with Crippen molar-refractivity contribution in [1.29, 1.82) is 0 Å². The zero-order valence-electron chi connectivity index (χ0n) is 24.4. The number of aryl methyl sites for hydroxylation is 1. The molecule has 1 saturated heterocycles. The van der Waals surface area contributed by atoms with Gasteiger partial charge in [-0.25, -0.2) is 0 Å². The largest absolute Gasteiger partial charge is 0.493 e. The van der Waals surface area contributed by atoms with Gasteiger partial charge in [-0.3, -0.25) is 4.79 Å². The highest BCUT2D eigenvalue weighted by Crippen LogP contribution is 2.24. The van der Waals surface area contributed by atoms with Gasteiger partial charge in [0.25, 0.3) is 6.47 Å². The number of hydrogen-bond acceptors (Lipinski definition) is 4. The lowest BCUT2D eigenvalue weighted by molar-refractivity contribution is -0.122. The number of likely N-dealkylation sites (tertiary alicyclic amines) is 1. The first-order chi connectivity index (χ1) is 16.4. The molecule has 1 aliphatic rings. The molecule has 1 fully saturated rings. The molecule has 0 spiro atoms. The van der Waals surface area contributed by atoms with E-state index in [1.807, 2.05) is 27.7 Å². The molecule has 34 heavy (non-hydrogen) atoms. The van der Waals surface area contributed by atoms with Crippen LogP contribution in [0.15, 0.2) is 24.3 Å². The van der Waals surface area contributed by atoms with Gasteiger partial charge in [-0.1, -0.05) is 99.3 Å². The van der Waals surface area contributed by atoms with Crippen LogP contribution in [0.1, 0.15) is 93.6 Å². The Morgan fingerprint density at radius 1 is 0.971 bits per heavy atom. The predicted octanol–water partition coefficient (Wildman–Crippen LogP) is 7.55. The Hall–Kier alpha value is -1.59. The molecule has 0 aromatic heterocycles. The van der Waals surface area contributed by atoms with Gasteiger partial charge in [0, 0.05) is 26.1 Å². The lowest BCUT2D eigenvalue weighted by Crippen LogP contribution is -2.23. The number of hydrogen-bond donors (Lipinski definition) is 2. The molecule has 0 radical (unpaired) electrons. The SMILES string of the molecule is CC.CC.CCC(CC)CC.CCCN1CC(C)C(COc2ccc(C)cc2)C1.CO.O=CO. The molecule has 0 bridgehead atoms. The van der Waals surface area contributed by atoms with E-state index in [4.69, 9.17) is 19.7 Å². The van der Waals surface area contributed by atoms with Gasteiger partial charge in [-0.15, -0.1) is 0 Å². The minimum absolute atomic E-state index is 0.250. The normalized spacial score (nSPS) is 15.9. The molecule has 2 atom stereocenters. The quantitative estimate of drug-likeness (QED) is 0.372. The van der Waals surface area contributed by atoms with Gasteiger partial charge in [-0.2, -0.15) is 0 Å². The second-order valence-corrected chi connectivity index (χ2v) is 7.82. The lowest BCUT2D eigenvalue weighted by atomic mass is 9.99. The van der Waals surface area contributed by atoms with E-state index in [2.05, 4.69) is 70.7 Å². The molecule has 1 aromatic rings. The minimum Gasteiger partial charge on any atom is -0.493 e. The van der Waals surface area contributed by atoms with E-state index in [-0.39, 0.29) is 6.47 Å². The third-order valence-corrected chi connectivity index (χ3v) is 5.60. The summed E-state index contributed by atoms with van der Waals surface area (Å²) in [6.07, 6.45) is 5.31. The molecule has 2 N–H and O–H groups in total. The van der Waals surface area contributed by atoms with Crippen LogP contribution in [-0.4, -0.2) is 54.9 Å². The maximum atomic E-state index is 8.36. The van der Waals surface area contributed by atoms with Gasteiger partial charge >= 0.3 is 0 Å². The molecule has 2 unspecified atom stereocenters. The van der Waals surface area contributed by atoms with E-state index < -0.39 is 0 Å². The Morgan fingerprint density at radius 2 is 1.41 bits per heavy atom. The highest BCUT2D eigenvalue weighted by Gasteiger charge is 2.29. The van der Waals surface area contributed by atoms with Gasteiger partial charge in [0.2, 0.25) is 0 Å². The number of nitrogens with zero attached hydrogens (tertiary/aromatic N) is 1. The highest BCUT2D eigenvalue weighted by molar-refractivity contribution is 5.32. The molecule has 0 amide bonds. The molecule has 0 saturated carbocycles. The summed E-state index contributed by atoms with van der Waals surface area (Å²) in [6, 6.07) is 8.35. The number of benzene rings is 1. The van der Waals surface area contributed by atoms with E-state index >= 15 is 0 Å². The summed E-state index contributed by atoms with van der Waals surface area (Å²) in [7, 11) is 1.00. The first-order valence-corrected chi connectivity index (χ1v) is 13.4. The second-order valence-electron chi connectivity index (χ2n) is 7.82. The number of rotatable bonds is 8. The van der Waals surface area contributed by atoms with Crippen LogP contribution >= 0.6 is 0 Å². The third kappa shape index (κ3) is 22.2. The van der Waals surface area contributed by atoms with Crippen molar-refractivity contribution in [2.45, 2.75) is 94.9 Å². The zero-order chi connectivity index (χ0) is 27.4. The van der Waals surface area contributed by atoms with Gasteiger partial charge in [0.15, 0.2) is 0 Å². The Morgan fingerprint density at radius 3 is 1.76 bits per heavy atom. The summed E-state index contributed by atoms with van der Waals surface area (Å²) in [5, 5.41) is 13.9. The molecule has 204 valence electrons. The average Bonchev–Trinajstić information content (AvgIpc) is 3.23. The van der Waals surface area contributed by atoms with Crippen molar-refractivity contribution in [3.8, 4) is 5.75 Å². The summed E-state index contributed by atoms with van der Waals surface area (Å²) < 4.78 is 5.92. The van der Waals surface area contributed by atoms with Crippen molar-refractivity contribution in [1.82, 2.24) is 4.90 Å². The zero-order valence-corrected chi connectivity index (χ0v) is 24.4. The Labute approximate surface area is 212 Å². The summed E-state index contributed by atoms with van der Waals surface area (Å²) in [6.45, 7) is 25.7. The van der Waals surface area contributed by atoms with Crippen LogP contribution in [0.2, 0.25) is 0 Å². The van der Waals surface area contributed by atoms with Crippen LogP contribution in [0.25, 0.3) is 0 Å². The van der Waals surface area contributed by atoms with Gasteiger partial charge in [0.1, 0.15) is 5.75 Å². The van der Waals surface area contributed by atoms with Crippen molar-refractivity contribution < 1.29 is 19.7 Å². The molecular weight excluding hydrogens is 426 g/mol. The van der Waals surface area contributed by atoms with Crippen molar-refractivity contribution in [3.63, 3.8) is 0 Å². The molecule has 1 heterocycles. The maximum Gasteiger partial charge on any atom is 0.290 e. The Balaban J connectivity index is -0.000000235. The van der Waals surface area contributed by atoms with E-state index in [0.29, 0.717) is 5.92 Å². The van der Waals surface area contributed by atoms with Crippen molar-refractivity contribution in [3.05, 3.63) is 29.8 Å². The van der Waals surface area contributed by atoms with Crippen LogP contribution < -0.4 is 4.74 Å². The molecule has 2 rings (SSSR count). The summed E-state index contributed by atoms with van der Waals surface area (Å²) in [5.74, 6) is 3.42. The fraction of sp³-hybridized carbons (Fsp3) is 0.759. The van der Waals surface area contributed by atoms with Crippen LogP contribution in [-0.2, 0) is 4.79 Å². The monoisotopic (exact) mass is 485 g/mol. The van der Waals surface area contributed by atoms with E-state index in [9.17, 15) is 0 Å². The van der Waals surface area contributed by atoms with Crippen molar-refractivity contribution >= 4 is 6.47 Å². The molecule has 5 heteroatoms. The fourth-order valence-electron chi connectivity index (χ4n) is 3.56. The molecular formula is C29H59NO4. The van der Waals surface area contributed by atoms with Gasteiger partial charge in [-0.05, 0) is 43.9 Å². The first-order valence-electron chi connectivity index (χ1n) is 13.4. The van der Waals surface area contributed by atoms with Crippen molar-refractivity contribution in [2.24, 2.45) is 17.8 Å². The van der Waals surface area contributed by atoms with Crippen LogP contribution in [0.3, 0.4) is 0 Å². The average molecular weight is 486 g/mol. The molecule has 5 nitrogen and oxygen atoms in total. The maximum absolute atomic E-state index is 8.36. The minimum atomic E-state index is -0.250. The van der Waals surface area contributed by atoms with E-state index in [1.165, 1.54) is 50.9 Å². The Kier molecular flexibility index (Phi) is 36.6. The number of aliphatic hydroxyl groups excluding tert-OH is 1. The van der Waals surface area contributed by atoms with Crippen molar-refractivity contribution in [2.75, 3.05) is 33.4 Å². The number of aliphatic hydroxyl groups is 1. The number of carbonyl (C=O) groups is 1. The first kappa shape index (κ1) is 39.6. The van der Waals surface area contributed by atoms with Gasteiger partial charge in [0.05, 0.1) is 6.61 Å². The Bertz CT molecular complexity index is 484. The summed E-state index contributed by atoms with van der Waals surface area (Å²) in [5.41, 5.74) is 1.28. The lowest BCUT2D eigenvalue weighted by Gasteiger charge is -2.16. The second kappa shape index (κ2) is 31.4. The fourth-order valence-corrected chi connectivity index (χ4v) is 3.56. The predicted molar refractivity (Wildman–Crippen MR) is 150 cm³/mol. The van der Waals surface area contributed by atoms with E-state index in [0.717, 1.165) is 31.3 Å². The number of ether oxygens (including phenoxy) is 1. The van der Waals surface area contributed by atoms with Gasteiger partial charge < -0.3 is 19.8 Å². The molecule has 1 aliphatic heterocycles. The number of carboxylic acid groups (broad SMARTS) is 1. The highest BCUT2D eigenvalue weighted by atomic mass is 16.5. The molecule has 1 aromatic carbocycles.